The highest BCUT2D eigenvalue weighted by atomic mass is 16.5. The first-order chi connectivity index (χ1) is 9.08. The van der Waals surface area contributed by atoms with Gasteiger partial charge in [-0.25, -0.2) is 0 Å². The number of aliphatic hydroxyl groups is 1. The molecule has 0 aliphatic rings. The van der Waals surface area contributed by atoms with Crippen LogP contribution in [0.2, 0.25) is 0 Å². The van der Waals surface area contributed by atoms with E-state index in [1.807, 2.05) is 26.8 Å². The fourth-order valence-electron chi connectivity index (χ4n) is 1.67. The van der Waals surface area contributed by atoms with Gasteiger partial charge in [0.15, 0.2) is 0 Å². The molecule has 106 valence electrons. The minimum atomic E-state index is -0.510. The van der Waals surface area contributed by atoms with Crippen LogP contribution in [0.4, 0.5) is 0 Å². The first kappa shape index (κ1) is 15.5. The molecule has 0 aromatic heterocycles. The summed E-state index contributed by atoms with van der Waals surface area (Å²) in [6, 6.07) is 7.03. The maximum atomic E-state index is 11.9. The third-order valence-corrected chi connectivity index (χ3v) is 3.18. The van der Waals surface area contributed by atoms with Crippen molar-refractivity contribution in [1.82, 2.24) is 5.32 Å². The SMILES string of the molecule is CCOc1cccc(C(=O)NCC(O)C(C)CC)c1. The lowest BCUT2D eigenvalue weighted by atomic mass is 10.0. The summed E-state index contributed by atoms with van der Waals surface area (Å²) in [7, 11) is 0. The van der Waals surface area contributed by atoms with E-state index in [1.54, 1.807) is 18.2 Å². The zero-order chi connectivity index (χ0) is 14.3. The fraction of sp³-hybridized carbons (Fsp3) is 0.533. The van der Waals surface area contributed by atoms with E-state index in [4.69, 9.17) is 4.74 Å². The molecule has 2 N–H and O–H groups in total. The standard InChI is InChI=1S/C15H23NO3/c1-4-11(3)14(17)10-16-15(18)12-7-6-8-13(9-12)19-5-2/h6-9,11,14,17H,4-5,10H2,1-3H3,(H,16,18). The molecule has 0 bridgehead atoms. The molecule has 1 amide bonds. The van der Waals surface area contributed by atoms with Crippen molar-refractivity contribution in [3.8, 4) is 5.75 Å². The fourth-order valence-corrected chi connectivity index (χ4v) is 1.67. The van der Waals surface area contributed by atoms with Crippen LogP contribution >= 0.6 is 0 Å². The Hall–Kier alpha value is -1.55. The van der Waals surface area contributed by atoms with Gasteiger partial charge in [-0.1, -0.05) is 26.3 Å². The highest BCUT2D eigenvalue weighted by Gasteiger charge is 2.14. The molecule has 2 unspecified atom stereocenters. The number of hydrogen-bond acceptors (Lipinski definition) is 3. The zero-order valence-electron chi connectivity index (χ0n) is 11.8. The van der Waals surface area contributed by atoms with E-state index in [-0.39, 0.29) is 18.4 Å². The van der Waals surface area contributed by atoms with Gasteiger partial charge < -0.3 is 15.2 Å². The maximum absolute atomic E-state index is 11.9. The topological polar surface area (TPSA) is 58.6 Å². The first-order valence-corrected chi connectivity index (χ1v) is 6.77. The van der Waals surface area contributed by atoms with Gasteiger partial charge in [-0.2, -0.15) is 0 Å². The number of amides is 1. The van der Waals surface area contributed by atoms with Gasteiger partial charge in [0.1, 0.15) is 5.75 Å². The second-order valence-electron chi connectivity index (χ2n) is 4.62. The maximum Gasteiger partial charge on any atom is 0.251 e. The molecule has 4 nitrogen and oxygen atoms in total. The summed E-state index contributed by atoms with van der Waals surface area (Å²) >= 11 is 0. The van der Waals surface area contributed by atoms with Crippen LogP contribution in [0, 0.1) is 5.92 Å². The number of carbonyl (C=O) groups excluding carboxylic acids is 1. The van der Waals surface area contributed by atoms with E-state index in [0.29, 0.717) is 17.9 Å². The van der Waals surface area contributed by atoms with Crippen LogP contribution in [-0.4, -0.2) is 30.3 Å². The number of aliphatic hydroxyl groups excluding tert-OH is 1. The van der Waals surface area contributed by atoms with Crippen LogP contribution in [0.15, 0.2) is 24.3 Å². The van der Waals surface area contributed by atoms with Crippen LogP contribution in [0.1, 0.15) is 37.6 Å². The highest BCUT2D eigenvalue weighted by Crippen LogP contribution is 2.13. The number of rotatable bonds is 7. The Labute approximate surface area is 114 Å². The molecular weight excluding hydrogens is 242 g/mol. The van der Waals surface area contributed by atoms with Crippen LogP contribution in [-0.2, 0) is 0 Å². The Morgan fingerprint density at radius 3 is 2.79 bits per heavy atom. The number of nitrogens with one attached hydrogen (secondary N) is 1. The third-order valence-electron chi connectivity index (χ3n) is 3.18. The van der Waals surface area contributed by atoms with Crippen molar-refractivity contribution in [2.45, 2.75) is 33.3 Å². The second kappa shape index (κ2) is 7.79. The molecule has 1 aromatic carbocycles. The molecule has 0 fully saturated rings. The van der Waals surface area contributed by atoms with Gasteiger partial charge >= 0.3 is 0 Å². The normalized spacial score (nSPS) is 13.7. The van der Waals surface area contributed by atoms with Crippen LogP contribution in [0.25, 0.3) is 0 Å². The summed E-state index contributed by atoms with van der Waals surface area (Å²) in [5.41, 5.74) is 0.544. The summed E-state index contributed by atoms with van der Waals surface area (Å²) in [6.45, 7) is 6.72. The summed E-state index contributed by atoms with van der Waals surface area (Å²) < 4.78 is 5.35. The number of carbonyl (C=O) groups is 1. The Bertz CT molecular complexity index is 406. The minimum Gasteiger partial charge on any atom is -0.494 e. The largest absolute Gasteiger partial charge is 0.494 e. The van der Waals surface area contributed by atoms with Gasteiger partial charge in [0.2, 0.25) is 0 Å². The van der Waals surface area contributed by atoms with Crippen molar-refractivity contribution < 1.29 is 14.6 Å². The minimum absolute atomic E-state index is 0.176. The predicted octanol–water partition coefficient (Wildman–Crippen LogP) is 2.22. The molecule has 4 heteroatoms. The smallest absolute Gasteiger partial charge is 0.251 e. The molecule has 0 saturated carbocycles. The molecule has 2 atom stereocenters. The summed E-state index contributed by atoms with van der Waals surface area (Å²) in [5, 5.41) is 12.6. The summed E-state index contributed by atoms with van der Waals surface area (Å²) in [5.74, 6) is 0.664. The molecule has 19 heavy (non-hydrogen) atoms. The summed E-state index contributed by atoms with van der Waals surface area (Å²) in [4.78, 5) is 11.9. The second-order valence-corrected chi connectivity index (χ2v) is 4.62. The van der Waals surface area contributed by atoms with Gasteiger partial charge in [-0.15, -0.1) is 0 Å². The van der Waals surface area contributed by atoms with E-state index >= 15 is 0 Å². The van der Waals surface area contributed by atoms with Crippen molar-refractivity contribution in [2.24, 2.45) is 5.92 Å². The lowest BCUT2D eigenvalue weighted by molar-refractivity contribution is 0.0850. The lowest BCUT2D eigenvalue weighted by Crippen LogP contribution is -2.35. The van der Waals surface area contributed by atoms with E-state index in [2.05, 4.69) is 5.32 Å². The Morgan fingerprint density at radius 2 is 2.16 bits per heavy atom. The van der Waals surface area contributed by atoms with Gasteiger partial charge in [-0.05, 0) is 31.0 Å². The van der Waals surface area contributed by atoms with Crippen molar-refractivity contribution in [2.75, 3.05) is 13.2 Å². The van der Waals surface area contributed by atoms with Gasteiger partial charge in [-0.3, -0.25) is 4.79 Å². The lowest BCUT2D eigenvalue weighted by Gasteiger charge is -2.17. The average Bonchev–Trinajstić information content (AvgIpc) is 2.44. The first-order valence-electron chi connectivity index (χ1n) is 6.77. The van der Waals surface area contributed by atoms with Crippen LogP contribution in [0.3, 0.4) is 0 Å². The Balaban J connectivity index is 2.56. The van der Waals surface area contributed by atoms with E-state index in [0.717, 1.165) is 6.42 Å². The molecular formula is C15H23NO3. The molecule has 0 aliphatic carbocycles. The van der Waals surface area contributed by atoms with Crippen molar-refractivity contribution in [1.29, 1.82) is 0 Å². The van der Waals surface area contributed by atoms with Crippen molar-refractivity contribution >= 4 is 5.91 Å². The monoisotopic (exact) mass is 265 g/mol. The third kappa shape index (κ3) is 4.91. The molecule has 0 saturated heterocycles. The van der Waals surface area contributed by atoms with Crippen molar-refractivity contribution in [3.63, 3.8) is 0 Å². The zero-order valence-corrected chi connectivity index (χ0v) is 11.8. The number of hydrogen-bond donors (Lipinski definition) is 2. The van der Waals surface area contributed by atoms with Crippen molar-refractivity contribution in [3.05, 3.63) is 29.8 Å². The Kier molecular flexibility index (Phi) is 6.36. The van der Waals surface area contributed by atoms with Crippen LogP contribution in [0.5, 0.6) is 5.75 Å². The molecule has 0 spiro atoms. The van der Waals surface area contributed by atoms with E-state index in [9.17, 15) is 9.90 Å². The Morgan fingerprint density at radius 1 is 1.42 bits per heavy atom. The molecule has 1 rings (SSSR count). The summed E-state index contributed by atoms with van der Waals surface area (Å²) in [6.07, 6.45) is 0.376. The quantitative estimate of drug-likeness (QED) is 0.794. The molecule has 1 aromatic rings. The molecule has 0 radical (unpaired) electrons. The van der Waals surface area contributed by atoms with E-state index < -0.39 is 6.10 Å². The van der Waals surface area contributed by atoms with Crippen LogP contribution < -0.4 is 10.1 Å². The highest BCUT2D eigenvalue weighted by molar-refractivity contribution is 5.94. The molecule has 0 heterocycles. The number of benzene rings is 1. The average molecular weight is 265 g/mol. The van der Waals surface area contributed by atoms with Gasteiger partial charge in [0.05, 0.1) is 12.7 Å². The predicted molar refractivity (Wildman–Crippen MR) is 75.4 cm³/mol. The van der Waals surface area contributed by atoms with E-state index in [1.165, 1.54) is 0 Å². The molecule has 0 aliphatic heterocycles. The van der Waals surface area contributed by atoms with Gasteiger partial charge in [0, 0.05) is 12.1 Å². The van der Waals surface area contributed by atoms with Gasteiger partial charge in [0.25, 0.3) is 5.91 Å². The number of ether oxygens (including phenoxy) is 1.